The van der Waals surface area contributed by atoms with Gasteiger partial charge in [-0.2, -0.15) is 0 Å². The summed E-state index contributed by atoms with van der Waals surface area (Å²) in [6.45, 7) is 5.96. The lowest BCUT2D eigenvalue weighted by Crippen LogP contribution is -2.46. The van der Waals surface area contributed by atoms with Crippen LogP contribution in [0.1, 0.15) is 36.8 Å². The van der Waals surface area contributed by atoms with Crippen molar-refractivity contribution in [1.29, 1.82) is 0 Å². The molecule has 0 unspecified atom stereocenters. The molecule has 2 aliphatic rings. The number of amides is 2. The average molecular weight is 345 g/mol. The van der Waals surface area contributed by atoms with Gasteiger partial charge < -0.3 is 15.3 Å². The number of carbonyl (C=O) groups excluding carboxylic acids is 1. The predicted octanol–water partition coefficient (Wildman–Crippen LogP) is 2.17. The van der Waals surface area contributed by atoms with Crippen molar-refractivity contribution in [3.8, 4) is 0 Å². The van der Waals surface area contributed by atoms with Crippen LogP contribution in [0.3, 0.4) is 0 Å². The molecule has 2 atom stereocenters. The van der Waals surface area contributed by atoms with Gasteiger partial charge >= 0.3 is 6.03 Å². The number of nitrogens with zero attached hydrogens (tertiary/aromatic N) is 2. The van der Waals surface area contributed by atoms with Crippen molar-refractivity contribution in [2.45, 2.75) is 51.2 Å². The summed E-state index contributed by atoms with van der Waals surface area (Å²) in [5.41, 5.74) is 2.58. The Morgan fingerprint density at radius 3 is 2.60 bits per heavy atom. The van der Waals surface area contributed by atoms with E-state index in [9.17, 15) is 9.90 Å². The molecule has 0 aromatic heterocycles. The molecule has 2 N–H and O–H groups in total. The highest BCUT2D eigenvalue weighted by molar-refractivity contribution is 5.74. The van der Waals surface area contributed by atoms with Gasteiger partial charge in [0.25, 0.3) is 0 Å². The number of nitrogens with one attached hydrogen (secondary N) is 1. The Balaban J connectivity index is 1.38. The number of rotatable bonds is 5. The monoisotopic (exact) mass is 345 g/mol. The number of piperidine rings is 1. The molecule has 5 heteroatoms. The van der Waals surface area contributed by atoms with Gasteiger partial charge in [0.2, 0.25) is 0 Å². The first-order valence-electron chi connectivity index (χ1n) is 9.64. The minimum Gasteiger partial charge on any atom is -0.390 e. The SMILES string of the molecule is Cc1ccc(CCCNC(=O)N2C[C@H](O)[C@@H](N3CCCCC3)C2)cc1. The molecule has 25 heavy (non-hydrogen) atoms. The normalized spacial score (nSPS) is 24.5. The van der Waals surface area contributed by atoms with Crippen LogP contribution in [0.15, 0.2) is 24.3 Å². The molecule has 2 aliphatic heterocycles. The van der Waals surface area contributed by atoms with Crippen LogP contribution in [0.2, 0.25) is 0 Å². The minimum absolute atomic E-state index is 0.0394. The van der Waals surface area contributed by atoms with Gasteiger partial charge in [0.1, 0.15) is 0 Å². The van der Waals surface area contributed by atoms with Gasteiger partial charge in [0.15, 0.2) is 0 Å². The van der Waals surface area contributed by atoms with Crippen molar-refractivity contribution >= 4 is 6.03 Å². The topological polar surface area (TPSA) is 55.8 Å². The van der Waals surface area contributed by atoms with Gasteiger partial charge in [0.05, 0.1) is 12.1 Å². The Morgan fingerprint density at radius 2 is 1.88 bits per heavy atom. The summed E-state index contributed by atoms with van der Waals surface area (Å²) in [7, 11) is 0. The van der Waals surface area contributed by atoms with Crippen LogP contribution in [0.25, 0.3) is 0 Å². The molecule has 2 amide bonds. The van der Waals surface area contributed by atoms with Crippen molar-refractivity contribution < 1.29 is 9.90 Å². The zero-order chi connectivity index (χ0) is 17.6. The van der Waals surface area contributed by atoms with E-state index in [4.69, 9.17) is 0 Å². The van der Waals surface area contributed by atoms with E-state index in [0.717, 1.165) is 25.9 Å². The first-order chi connectivity index (χ1) is 12.1. The molecule has 0 aliphatic carbocycles. The van der Waals surface area contributed by atoms with Gasteiger partial charge in [-0.3, -0.25) is 4.90 Å². The minimum atomic E-state index is -0.420. The molecule has 0 radical (unpaired) electrons. The van der Waals surface area contributed by atoms with Crippen LogP contribution in [0.4, 0.5) is 4.79 Å². The summed E-state index contributed by atoms with van der Waals surface area (Å²) < 4.78 is 0. The lowest BCUT2D eigenvalue weighted by Gasteiger charge is -2.33. The molecule has 3 rings (SSSR count). The summed E-state index contributed by atoms with van der Waals surface area (Å²) in [6.07, 6.45) is 5.17. The standard InChI is InChI=1S/C20H31N3O2/c1-16-7-9-17(10-8-16)6-5-11-21-20(25)23-14-18(19(24)15-23)22-12-3-2-4-13-22/h7-10,18-19,24H,2-6,11-15H2,1H3,(H,21,25)/t18-,19-/m0/s1. The zero-order valence-corrected chi connectivity index (χ0v) is 15.3. The quantitative estimate of drug-likeness (QED) is 0.804. The van der Waals surface area contributed by atoms with Crippen molar-refractivity contribution in [2.24, 2.45) is 0 Å². The van der Waals surface area contributed by atoms with Crippen molar-refractivity contribution in [1.82, 2.24) is 15.1 Å². The smallest absolute Gasteiger partial charge is 0.317 e. The fourth-order valence-electron chi connectivity index (χ4n) is 3.90. The predicted molar refractivity (Wildman–Crippen MR) is 99.7 cm³/mol. The third-order valence-electron chi connectivity index (χ3n) is 5.44. The number of hydrogen-bond acceptors (Lipinski definition) is 3. The molecule has 0 saturated carbocycles. The highest BCUT2D eigenvalue weighted by atomic mass is 16.3. The average Bonchev–Trinajstić information content (AvgIpc) is 3.03. The van der Waals surface area contributed by atoms with E-state index in [1.54, 1.807) is 4.90 Å². The van der Waals surface area contributed by atoms with E-state index < -0.39 is 6.10 Å². The maximum atomic E-state index is 12.4. The van der Waals surface area contributed by atoms with E-state index >= 15 is 0 Å². The summed E-state index contributed by atoms with van der Waals surface area (Å²) in [6, 6.07) is 8.62. The Bertz CT molecular complexity index is 555. The molecule has 1 aromatic rings. The van der Waals surface area contributed by atoms with E-state index in [-0.39, 0.29) is 12.1 Å². The molecular formula is C20H31N3O2. The van der Waals surface area contributed by atoms with Crippen molar-refractivity contribution in [2.75, 3.05) is 32.7 Å². The number of hydrogen-bond donors (Lipinski definition) is 2. The lowest BCUT2D eigenvalue weighted by atomic mass is 10.1. The zero-order valence-electron chi connectivity index (χ0n) is 15.3. The van der Waals surface area contributed by atoms with Gasteiger partial charge in [-0.05, 0) is 51.3 Å². The van der Waals surface area contributed by atoms with E-state index in [1.807, 2.05) is 0 Å². The number of aliphatic hydroxyl groups is 1. The Hall–Kier alpha value is -1.59. The highest BCUT2D eigenvalue weighted by Gasteiger charge is 2.37. The molecule has 1 aromatic carbocycles. The molecule has 5 nitrogen and oxygen atoms in total. The number of β-amino-alcohol motifs (C(OH)–C–C–N with tert-alkyl or cyclic N) is 1. The molecule has 0 bridgehead atoms. The van der Waals surface area contributed by atoms with Crippen molar-refractivity contribution in [3.05, 3.63) is 35.4 Å². The van der Waals surface area contributed by atoms with Gasteiger partial charge in [-0.15, -0.1) is 0 Å². The summed E-state index contributed by atoms with van der Waals surface area (Å²) in [5.74, 6) is 0. The van der Waals surface area contributed by atoms with Gasteiger partial charge in [0, 0.05) is 19.6 Å². The fourth-order valence-corrected chi connectivity index (χ4v) is 3.90. The summed E-state index contributed by atoms with van der Waals surface area (Å²) in [5, 5.41) is 13.3. The maximum absolute atomic E-state index is 12.4. The Morgan fingerprint density at radius 1 is 1.16 bits per heavy atom. The van der Waals surface area contributed by atoms with Gasteiger partial charge in [-0.25, -0.2) is 4.79 Å². The lowest BCUT2D eigenvalue weighted by molar-refractivity contribution is 0.0706. The molecule has 0 spiro atoms. The third-order valence-corrected chi connectivity index (χ3v) is 5.44. The number of urea groups is 1. The van der Waals surface area contributed by atoms with E-state index in [1.165, 1.54) is 30.4 Å². The number of carbonyl (C=O) groups is 1. The molecule has 2 fully saturated rings. The van der Waals surface area contributed by atoms with Crippen LogP contribution < -0.4 is 5.32 Å². The Kier molecular flexibility index (Phi) is 6.32. The molecular weight excluding hydrogens is 314 g/mol. The van der Waals surface area contributed by atoms with E-state index in [0.29, 0.717) is 19.6 Å². The third kappa shape index (κ3) is 4.95. The fraction of sp³-hybridized carbons (Fsp3) is 0.650. The van der Waals surface area contributed by atoms with Crippen LogP contribution in [0, 0.1) is 6.92 Å². The largest absolute Gasteiger partial charge is 0.390 e. The number of aliphatic hydroxyl groups excluding tert-OH is 1. The van der Waals surface area contributed by atoms with E-state index in [2.05, 4.69) is 41.4 Å². The summed E-state index contributed by atoms with van der Waals surface area (Å²) in [4.78, 5) is 16.5. The first kappa shape index (κ1) is 18.2. The number of benzene rings is 1. The number of likely N-dealkylation sites (tertiary alicyclic amines) is 2. The second kappa shape index (κ2) is 8.68. The molecule has 138 valence electrons. The van der Waals surface area contributed by atoms with Crippen LogP contribution in [0.5, 0.6) is 0 Å². The number of aryl methyl sites for hydroxylation is 2. The second-order valence-electron chi connectivity index (χ2n) is 7.46. The molecule has 2 saturated heterocycles. The highest BCUT2D eigenvalue weighted by Crippen LogP contribution is 2.20. The van der Waals surface area contributed by atoms with Crippen LogP contribution in [-0.2, 0) is 6.42 Å². The van der Waals surface area contributed by atoms with Crippen LogP contribution >= 0.6 is 0 Å². The molecule has 2 heterocycles. The van der Waals surface area contributed by atoms with Crippen LogP contribution in [-0.4, -0.2) is 65.8 Å². The Labute approximate surface area is 151 Å². The second-order valence-corrected chi connectivity index (χ2v) is 7.46. The summed E-state index contributed by atoms with van der Waals surface area (Å²) >= 11 is 0. The maximum Gasteiger partial charge on any atom is 0.317 e. The van der Waals surface area contributed by atoms with Gasteiger partial charge in [-0.1, -0.05) is 36.2 Å². The first-order valence-corrected chi connectivity index (χ1v) is 9.64. The van der Waals surface area contributed by atoms with Crippen molar-refractivity contribution in [3.63, 3.8) is 0 Å².